The van der Waals surface area contributed by atoms with Crippen molar-refractivity contribution in [3.63, 3.8) is 0 Å². The van der Waals surface area contributed by atoms with E-state index in [1.807, 2.05) is 4.68 Å². The highest BCUT2D eigenvalue weighted by Crippen LogP contribution is 2.37. The lowest BCUT2D eigenvalue weighted by molar-refractivity contribution is 0.216. The minimum Gasteiger partial charge on any atom is -0.399 e. The summed E-state index contributed by atoms with van der Waals surface area (Å²) in [6.45, 7) is 2.20. The Labute approximate surface area is 123 Å². The van der Waals surface area contributed by atoms with Gasteiger partial charge in [-0.2, -0.15) is 0 Å². The Morgan fingerprint density at radius 3 is 2.86 bits per heavy atom. The summed E-state index contributed by atoms with van der Waals surface area (Å²) in [5.74, 6) is 0.814. The summed E-state index contributed by atoms with van der Waals surface area (Å²) in [6.07, 6.45) is 5.83. The Kier molecular flexibility index (Phi) is 3.86. The number of benzene rings is 1. The maximum absolute atomic E-state index is 13.6. The van der Waals surface area contributed by atoms with E-state index in [0.717, 1.165) is 12.8 Å². The molecule has 2 N–H and O–H groups in total. The maximum Gasteiger partial charge on any atom is 0.182 e. The van der Waals surface area contributed by atoms with Gasteiger partial charge >= 0.3 is 0 Å². The van der Waals surface area contributed by atoms with Gasteiger partial charge in [-0.15, -0.1) is 5.10 Å². The summed E-state index contributed by atoms with van der Waals surface area (Å²) in [5, 5.41) is 12.1. The summed E-state index contributed by atoms with van der Waals surface area (Å²) in [4.78, 5) is 0. The second-order valence-electron chi connectivity index (χ2n) is 5.74. The van der Waals surface area contributed by atoms with E-state index in [9.17, 15) is 4.39 Å². The van der Waals surface area contributed by atoms with Crippen molar-refractivity contribution < 1.29 is 4.39 Å². The molecule has 6 heteroatoms. The molecule has 0 saturated heterocycles. The molecule has 1 aromatic carbocycles. The topological polar surface area (TPSA) is 69.6 Å². The summed E-state index contributed by atoms with van der Waals surface area (Å²) in [6, 6.07) is 4.74. The highest BCUT2D eigenvalue weighted by atomic mass is 19.1. The third-order valence-corrected chi connectivity index (χ3v) is 4.38. The molecule has 0 bridgehead atoms. The van der Waals surface area contributed by atoms with Gasteiger partial charge in [0.15, 0.2) is 5.82 Å². The van der Waals surface area contributed by atoms with Gasteiger partial charge in [0.25, 0.3) is 0 Å². The second kappa shape index (κ2) is 5.79. The van der Waals surface area contributed by atoms with Crippen LogP contribution in [0.15, 0.2) is 18.2 Å². The molecule has 21 heavy (non-hydrogen) atoms. The van der Waals surface area contributed by atoms with Gasteiger partial charge in [0.05, 0.1) is 6.04 Å². The number of tetrazole rings is 1. The van der Waals surface area contributed by atoms with Crippen molar-refractivity contribution in [3.05, 3.63) is 24.0 Å². The van der Waals surface area contributed by atoms with Gasteiger partial charge in [-0.25, -0.2) is 9.07 Å². The van der Waals surface area contributed by atoms with Crippen LogP contribution in [0, 0.1) is 11.7 Å². The molecule has 2 aromatic rings. The fourth-order valence-corrected chi connectivity index (χ4v) is 3.33. The lowest BCUT2D eigenvalue weighted by Gasteiger charge is -2.31. The molecule has 0 spiro atoms. The lowest BCUT2D eigenvalue weighted by Crippen LogP contribution is -2.24. The fourth-order valence-electron chi connectivity index (χ4n) is 3.33. The molecular formula is C15H20FN5. The van der Waals surface area contributed by atoms with Gasteiger partial charge in [-0.05, 0) is 47.4 Å². The number of nitrogens with two attached hydrogens (primary N) is 1. The fraction of sp³-hybridized carbons (Fsp3) is 0.533. The lowest BCUT2D eigenvalue weighted by atomic mass is 9.83. The second-order valence-corrected chi connectivity index (χ2v) is 5.74. The van der Waals surface area contributed by atoms with Crippen LogP contribution >= 0.6 is 0 Å². The van der Waals surface area contributed by atoms with Crippen LogP contribution in [-0.2, 0) is 0 Å². The molecule has 0 radical (unpaired) electrons. The number of aromatic nitrogens is 4. The average molecular weight is 289 g/mol. The minimum atomic E-state index is -0.366. The van der Waals surface area contributed by atoms with Crippen LogP contribution in [0.5, 0.6) is 0 Å². The average Bonchev–Trinajstić information content (AvgIpc) is 2.95. The van der Waals surface area contributed by atoms with Crippen molar-refractivity contribution in [1.82, 2.24) is 20.2 Å². The van der Waals surface area contributed by atoms with E-state index < -0.39 is 0 Å². The van der Waals surface area contributed by atoms with E-state index in [4.69, 9.17) is 5.73 Å². The molecule has 112 valence electrons. The third-order valence-electron chi connectivity index (χ3n) is 4.38. The Hall–Kier alpha value is -1.98. The Bertz CT molecular complexity index is 604. The Balaban J connectivity index is 2.00. The summed E-state index contributed by atoms with van der Waals surface area (Å²) >= 11 is 0. The molecule has 3 rings (SSSR count). The van der Waals surface area contributed by atoms with Gasteiger partial charge in [0, 0.05) is 11.3 Å². The quantitative estimate of drug-likeness (QED) is 0.881. The normalized spacial score (nSPS) is 22.4. The molecule has 5 nitrogen and oxygen atoms in total. The van der Waals surface area contributed by atoms with Gasteiger partial charge in [0.1, 0.15) is 5.82 Å². The first-order valence-electron chi connectivity index (χ1n) is 7.53. The Morgan fingerprint density at radius 1 is 1.29 bits per heavy atom. The van der Waals surface area contributed by atoms with Crippen LogP contribution in [0.4, 0.5) is 10.1 Å². The molecule has 0 aliphatic heterocycles. The molecule has 1 heterocycles. The SMILES string of the molecule is CCC1CCCCC1n1nnnc1-c1cc(N)cc(F)c1. The Morgan fingerprint density at radius 2 is 2.10 bits per heavy atom. The standard InChI is InChI=1S/C15H20FN5/c1-2-10-5-3-4-6-14(10)21-15(18-19-20-21)11-7-12(16)9-13(17)8-11/h7-10,14H,2-6,17H2,1H3. The molecule has 0 amide bonds. The maximum atomic E-state index is 13.6. The van der Waals surface area contributed by atoms with Crippen LogP contribution in [0.1, 0.15) is 45.1 Å². The van der Waals surface area contributed by atoms with Gasteiger partial charge in [0.2, 0.25) is 0 Å². The first-order chi connectivity index (χ1) is 10.2. The first-order valence-corrected chi connectivity index (χ1v) is 7.53. The predicted octanol–water partition coefficient (Wildman–Crippen LogP) is 3.20. The first kappa shape index (κ1) is 14.0. The van der Waals surface area contributed by atoms with Crippen LogP contribution in [-0.4, -0.2) is 20.2 Å². The van der Waals surface area contributed by atoms with E-state index in [0.29, 0.717) is 29.0 Å². The summed E-state index contributed by atoms with van der Waals surface area (Å²) < 4.78 is 15.4. The smallest absolute Gasteiger partial charge is 0.182 e. The molecule has 1 aromatic heterocycles. The van der Waals surface area contributed by atoms with Crippen molar-refractivity contribution in [2.75, 3.05) is 5.73 Å². The van der Waals surface area contributed by atoms with Crippen LogP contribution in [0.2, 0.25) is 0 Å². The van der Waals surface area contributed by atoms with E-state index in [2.05, 4.69) is 22.4 Å². The predicted molar refractivity (Wildman–Crippen MR) is 78.9 cm³/mol. The minimum absolute atomic E-state index is 0.290. The monoisotopic (exact) mass is 289 g/mol. The van der Waals surface area contributed by atoms with Gasteiger partial charge in [-0.3, -0.25) is 0 Å². The van der Waals surface area contributed by atoms with Crippen LogP contribution < -0.4 is 5.73 Å². The van der Waals surface area contributed by atoms with E-state index in [1.54, 1.807) is 6.07 Å². The zero-order chi connectivity index (χ0) is 14.8. The molecular weight excluding hydrogens is 269 g/mol. The molecule has 1 aliphatic rings. The number of rotatable bonds is 3. The number of nitrogens with zero attached hydrogens (tertiary/aromatic N) is 4. The molecule has 1 saturated carbocycles. The van der Waals surface area contributed by atoms with Crippen molar-refractivity contribution in [1.29, 1.82) is 0 Å². The van der Waals surface area contributed by atoms with E-state index in [-0.39, 0.29) is 5.82 Å². The van der Waals surface area contributed by atoms with E-state index in [1.165, 1.54) is 31.4 Å². The highest BCUT2D eigenvalue weighted by Gasteiger charge is 2.28. The van der Waals surface area contributed by atoms with Crippen molar-refractivity contribution in [2.45, 2.75) is 45.1 Å². The molecule has 2 atom stereocenters. The summed E-state index contributed by atoms with van der Waals surface area (Å²) in [5.41, 5.74) is 6.75. The number of halogens is 1. The van der Waals surface area contributed by atoms with Gasteiger partial charge in [-0.1, -0.05) is 26.2 Å². The third kappa shape index (κ3) is 2.75. The van der Waals surface area contributed by atoms with Crippen molar-refractivity contribution in [3.8, 4) is 11.4 Å². The van der Waals surface area contributed by atoms with E-state index >= 15 is 0 Å². The molecule has 1 aliphatic carbocycles. The number of nitrogen functional groups attached to an aromatic ring is 1. The van der Waals surface area contributed by atoms with Crippen molar-refractivity contribution >= 4 is 5.69 Å². The number of hydrogen-bond donors (Lipinski definition) is 1. The highest BCUT2D eigenvalue weighted by molar-refractivity contribution is 5.61. The zero-order valence-electron chi connectivity index (χ0n) is 12.2. The van der Waals surface area contributed by atoms with Crippen LogP contribution in [0.3, 0.4) is 0 Å². The van der Waals surface area contributed by atoms with Crippen LogP contribution in [0.25, 0.3) is 11.4 Å². The van der Waals surface area contributed by atoms with Gasteiger partial charge < -0.3 is 5.73 Å². The molecule has 1 fully saturated rings. The number of anilines is 1. The largest absolute Gasteiger partial charge is 0.399 e. The molecule has 2 unspecified atom stereocenters. The zero-order valence-corrected chi connectivity index (χ0v) is 12.2. The van der Waals surface area contributed by atoms with Crippen molar-refractivity contribution in [2.24, 2.45) is 5.92 Å². The summed E-state index contributed by atoms with van der Waals surface area (Å²) in [7, 11) is 0. The number of hydrogen-bond acceptors (Lipinski definition) is 4.